The Balaban J connectivity index is 2.28. The Morgan fingerprint density at radius 3 is 2.24 bits per heavy atom. The summed E-state index contributed by atoms with van der Waals surface area (Å²) in [6.07, 6.45) is 0. The zero-order valence-corrected chi connectivity index (χ0v) is 11.3. The first-order valence-electron chi connectivity index (χ1n) is 6.22. The Kier molecular flexibility index (Phi) is 4.13. The minimum absolute atomic E-state index is 0.00530. The average molecular weight is 282 g/mol. The van der Waals surface area contributed by atoms with Gasteiger partial charge in [0.1, 0.15) is 0 Å². The molecule has 0 bridgehead atoms. The van der Waals surface area contributed by atoms with Crippen LogP contribution in [0.15, 0.2) is 48.5 Å². The van der Waals surface area contributed by atoms with Crippen LogP contribution in [0.1, 0.15) is 38.0 Å². The Morgan fingerprint density at radius 2 is 1.62 bits per heavy atom. The van der Waals surface area contributed by atoms with Crippen LogP contribution in [-0.4, -0.2) is 17.7 Å². The first-order valence-corrected chi connectivity index (χ1v) is 6.22. The average Bonchev–Trinajstić information content (AvgIpc) is 2.47. The van der Waals surface area contributed by atoms with E-state index in [1.54, 1.807) is 24.3 Å². The van der Waals surface area contributed by atoms with Crippen molar-refractivity contribution in [2.75, 3.05) is 5.32 Å². The van der Waals surface area contributed by atoms with Crippen LogP contribution in [0.25, 0.3) is 0 Å². The number of ketones is 1. The molecule has 0 heterocycles. The van der Waals surface area contributed by atoms with Gasteiger partial charge in [0, 0.05) is 22.4 Å². The molecule has 21 heavy (non-hydrogen) atoms. The van der Waals surface area contributed by atoms with Crippen molar-refractivity contribution in [1.82, 2.24) is 0 Å². The lowest BCUT2D eigenvalue weighted by Gasteiger charge is -2.11. The number of Topliss-reactive ketones (excluding diaryl/α,β-unsaturated/α-hetero) is 1. The van der Waals surface area contributed by atoms with Crippen LogP contribution < -0.4 is 10.4 Å². The number of hydrogen-bond donors (Lipinski definition) is 1. The Morgan fingerprint density at radius 1 is 0.952 bits per heavy atom. The van der Waals surface area contributed by atoms with Crippen molar-refractivity contribution < 1.29 is 19.5 Å². The third-order valence-electron chi connectivity index (χ3n) is 2.92. The van der Waals surface area contributed by atoms with E-state index in [9.17, 15) is 19.5 Å². The number of benzene rings is 2. The number of carbonyl (C=O) groups excluding carboxylic acids is 3. The molecule has 0 spiro atoms. The lowest BCUT2D eigenvalue weighted by atomic mass is 10.1. The molecule has 0 aliphatic heterocycles. The summed E-state index contributed by atoms with van der Waals surface area (Å²) in [6.45, 7) is 1.42. The molecule has 2 rings (SSSR count). The number of carboxylic acids is 1. The monoisotopic (exact) mass is 282 g/mol. The minimum Gasteiger partial charge on any atom is -0.545 e. The van der Waals surface area contributed by atoms with Gasteiger partial charge in [-0.25, -0.2) is 0 Å². The largest absolute Gasteiger partial charge is 0.545 e. The van der Waals surface area contributed by atoms with Gasteiger partial charge in [-0.15, -0.1) is 0 Å². The quantitative estimate of drug-likeness (QED) is 0.861. The predicted molar refractivity (Wildman–Crippen MR) is 75.2 cm³/mol. The predicted octanol–water partition coefficient (Wildman–Crippen LogP) is 1.51. The van der Waals surface area contributed by atoms with E-state index < -0.39 is 11.9 Å². The van der Waals surface area contributed by atoms with Gasteiger partial charge in [-0.2, -0.15) is 0 Å². The van der Waals surface area contributed by atoms with Crippen molar-refractivity contribution in [2.24, 2.45) is 0 Å². The number of carbonyl (C=O) groups is 3. The Hall–Kier alpha value is -2.95. The standard InChI is InChI=1S/C16H13NO4/c1-10(18)11-5-4-6-12(9-11)17-15(19)13-7-2-3-8-14(13)16(20)21/h2-9H,1H3,(H,17,19)(H,20,21)/p-1. The summed E-state index contributed by atoms with van der Waals surface area (Å²) >= 11 is 0. The highest BCUT2D eigenvalue weighted by atomic mass is 16.4. The maximum absolute atomic E-state index is 12.1. The van der Waals surface area contributed by atoms with Crippen LogP contribution in [0, 0.1) is 0 Å². The molecule has 0 unspecified atom stereocenters. The second kappa shape index (κ2) is 6.00. The number of amides is 1. The van der Waals surface area contributed by atoms with Crippen molar-refractivity contribution in [1.29, 1.82) is 0 Å². The molecule has 2 aromatic carbocycles. The van der Waals surface area contributed by atoms with Crippen molar-refractivity contribution in [2.45, 2.75) is 6.92 Å². The molecule has 0 atom stereocenters. The molecular formula is C16H12NO4-. The molecule has 2 aromatic rings. The maximum Gasteiger partial charge on any atom is 0.256 e. The topological polar surface area (TPSA) is 86.3 Å². The lowest BCUT2D eigenvalue weighted by molar-refractivity contribution is -0.255. The molecule has 106 valence electrons. The summed E-state index contributed by atoms with van der Waals surface area (Å²) in [4.78, 5) is 34.4. The fraction of sp³-hybridized carbons (Fsp3) is 0.0625. The third kappa shape index (κ3) is 3.33. The highest BCUT2D eigenvalue weighted by Gasteiger charge is 2.12. The van der Waals surface area contributed by atoms with Crippen LogP contribution >= 0.6 is 0 Å². The summed E-state index contributed by atoms with van der Waals surface area (Å²) in [6, 6.07) is 12.2. The number of nitrogens with one attached hydrogen (secondary N) is 1. The second-order valence-electron chi connectivity index (χ2n) is 4.42. The zero-order chi connectivity index (χ0) is 15.4. The summed E-state index contributed by atoms with van der Waals surface area (Å²) in [5.74, 6) is -2.12. The van der Waals surface area contributed by atoms with Crippen LogP contribution in [0.5, 0.6) is 0 Å². The summed E-state index contributed by atoms with van der Waals surface area (Å²) in [7, 11) is 0. The second-order valence-corrected chi connectivity index (χ2v) is 4.42. The molecule has 0 aromatic heterocycles. The smallest absolute Gasteiger partial charge is 0.256 e. The number of hydrogen-bond acceptors (Lipinski definition) is 4. The molecule has 0 radical (unpaired) electrons. The van der Waals surface area contributed by atoms with Gasteiger partial charge in [0.25, 0.3) is 5.91 Å². The van der Waals surface area contributed by atoms with Crippen molar-refractivity contribution >= 4 is 23.3 Å². The maximum atomic E-state index is 12.1. The van der Waals surface area contributed by atoms with E-state index in [1.165, 1.54) is 31.2 Å². The molecule has 0 aliphatic carbocycles. The van der Waals surface area contributed by atoms with Gasteiger partial charge in [-0.1, -0.05) is 30.3 Å². The van der Waals surface area contributed by atoms with E-state index >= 15 is 0 Å². The highest BCUT2D eigenvalue weighted by molar-refractivity contribution is 6.10. The number of aromatic carboxylic acids is 1. The van der Waals surface area contributed by atoms with Gasteiger partial charge in [0.2, 0.25) is 0 Å². The van der Waals surface area contributed by atoms with E-state index in [0.717, 1.165) is 0 Å². The van der Waals surface area contributed by atoms with Gasteiger partial charge in [0.15, 0.2) is 5.78 Å². The fourth-order valence-electron chi connectivity index (χ4n) is 1.87. The molecule has 5 heteroatoms. The molecule has 0 saturated carbocycles. The van der Waals surface area contributed by atoms with Gasteiger partial charge in [-0.05, 0) is 25.1 Å². The normalized spacial score (nSPS) is 9.95. The molecular weight excluding hydrogens is 270 g/mol. The minimum atomic E-state index is -1.42. The van der Waals surface area contributed by atoms with Gasteiger partial charge >= 0.3 is 0 Å². The van der Waals surface area contributed by atoms with Crippen LogP contribution in [0.3, 0.4) is 0 Å². The molecule has 0 aliphatic rings. The third-order valence-corrected chi connectivity index (χ3v) is 2.92. The van der Waals surface area contributed by atoms with Gasteiger partial charge in [0.05, 0.1) is 5.97 Å². The summed E-state index contributed by atoms with van der Waals surface area (Å²) in [5, 5.41) is 13.6. The lowest BCUT2D eigenvalue weighted by Crippen LogP contribution is -2.26. The SMILES string of the molecule is CC(=O)c1cccc(NC(=O)c2ccccc2C(=O)[O-])c1. The number of carboxylic acid groups (broad SMARTS) is 1. The highest BCUT2D eigenvalue weighted by Crippen LogP contribution is 2.14. The summed E-state index contributed by atoms with van der Waals surface area (Å²) in [5.41, 5.74) is 0.699. The van der Waals surface area contributed by atoms with Crippen LogP contribution in [-0.2, 0) is 0 Å². The van der Waals surface area contributed by atoms with E-state index in [4.69, 9.17) is 0 Å². The Labute approximate surface area is 121 Å². The van der Waals surface area contributed by atoms with Crippen LogP contribution in [0.2, 0.25) is 0 Å². The Bertz CT molecular complexity index is 722. The van der Waals surface area contributed by atoms with Gasteiger partial charge in [-0.3, -0.25) is 9.59 Å². The summed E-state index contributed by atoms with van der Waals surface area (Å²) < 4.78 is 0. The van der Waals surface area contributed by atoms with E-state index in [0.29, 0.717) is 11.3 Å². The molecule has 0 saturated heterocycles. The number of rotatable bonds is 4. The van der Waals surface area contributed by atoms with Crippen LogP contribution in [0.4, 0.5) is 5.69 Å². The fourth-order valence-corrected chi connectivity index (χ4v) is 1.87. The molecule has 1 N–H and O–H groups in total. The van der Waals surface area contributed by atoms with Crippen molar-refractivity contribution in [3.05, 3.63) is 65.2 Å². The van der Waals surface area contributed by atoms with E-state index in [1.807, 2.05) is 0 Å². The zero-order valence-electron chi connectivity index (χ0n) is 11.3. The van der Waals surface area contributed by atoms with E-state index in [2.05, 4.69) is 5.32 Å². The van der Waals surface area contributed by atoms with Gasteiger partial charge < -0.3 is 15.2 Å². The molecule has 1 amide bonds. The van der Waals surface area contributed by atoms with E-state index in [-0.39, 0.29) is 16.9 Å². The first-order chi connectivity index (χ1) is 9.99. The van der Waals surface area contributed by atoms with Crippen molar-refractivity contribution in [3.63, 3.8) is 0 Å². The molecule has 5 nitrogen and oxygen atoms in total. The number of anilines is 1. The molecule has 0 fully saturated rings. The first kappa shape index (κ1) is 14.5. The van der Waals surface area contributed by atoms with Crippen molar-refractivity contribution in [3.8, 4) is 0 Å².